The van der Waals surface area contributed by atoms with Gasteiger partial charge in [0.2, 0.25) is 5.91 Å². The fraction of sp³-hybridized carbons (Fsp3) is 0.314. The Labute approximate surface area is 282 Å². The van der Waals surface area contributed by atoms with Crippen molar-refractivity contribution < 1.29 is 41.8 Å². The van der Waals surface area contributed by atoms with Gasteiger partial charge in [-0.15, -0.1) is 0 Å². The second kappa shape index (κ2) is 14.1. The number of sulfone groups is 1. The number of fused-ring (bicyclic) bond motifs is 1. The van der Waals surface area contributed by atoms with Gasteiger partial charge in [-0.1, -0.05) is 0 Å². The highest BCUT2D eigenvalue weighted by Crippen LogP contribution is 2.43. The number of carbonyl (C=O) groups excluding carboxylic acids is 2. The molecule has 0 saturated carbocycles. The first-order valence-corrected chi connectivity index (χ1v) is 17.2. The van der Waals surface area contributed by atoms with E-state index in [0.717, 1.165) is 7.11 Å². The van der Waals surface area contributed by atoms with E-state index in [1.165, 1.54) is 61.3 Å². The Kier molecular flexibility index (Phi) is 10.1. The summed E-state index contributed by atoms with van der Waals surface area (Å²) >= 11 is 0. The Morgan fingerprint density at radius 1 is 1.10 bits per heavy atom. The molecule has 12 nitrogen and oxygen atoms in total. The van der Waals surface area contributed by atoms with Gasteiger partial charge in [0.15, 0.2) is 9.84 Å². The normalized spacial score (nSPS) is 16.8. The summed E-state index contributed by atoms with van der Waals surface area (Å²) in [5, 5.41) is 13.9. The maximum Gasteiger partial charge on any atom is 0.337 e. The number of hydrogen-bond donors (Lipinski definition) is 3. The molecule has 1 aliphatic rings. The number of rotatable bonds is 11. The van der Waals surface area contributed by atoms with E-state index in [0.29, 0.717) is 28.0 Å². The fourth-order valence-corrected chi connectivity index (χ4v) is 7.39. The molecule has 258 valence electrons. The number of esters is 1. The van der Waals surface area contributed by atoms with Crippen molar-refractivity contribution in [2.75, 3.05) is 31.3 Å². The maximum atomic E-state index is 15.7. The van der Waals surface area contributed by atoms with Crippen molar-refractivity contribution in [2.45, 2.75) is 49.4 Å². The van der Waals surface area contributed by atoms with Gasteiger partial charge in [-0.05, 0) is 98.8 Å². The van der Waals surface area contributed by atoms with Crippen molar-refractivity contribution >= 4 is 50.0 Å². The molecule has 0 unspecified atom stereocenters. The first-order valence-electron chi connectivity index (χ1n) is 15.6. The number of likely N-dealkylation sites (tertiary alicyclic amines) is 1. The summed E-state index contributed by atoms with van der Waals surface area (Å²) in [4.78, 5) is 45.2. The molecular formula is C35H37FN4O8S. The molecule has 0 bridgehead atoms. The summed E-state index contributed by atoms with van der Waals surface area (Å²) in [5.74, 6) is -4.17. The molecule has 1 aliphatic heterocycles. The third kappa shape index (κ3) is 6.86. The van der Waals surface area contributed by atoms with Crippen molar-refractivity contribution in [1.29, 1.82) is 0 Å². The quantitative estimate of drug-likeness (QED) is 0.177. The number of benzene rings is 3. The van der Waals surface area contributed by atoms with Gasteiger partial charge in [-0.2, -0.15) is 0 Å². The van der Waals surface area contributed by atoms with Gasteiger partial charge in [0.05, 0.1) is 41.4 Å². The number of anilines is 2. The minimum absolute atomic E-state index is 0.0290. The fourth-order valence-electron chi connectivity index (χ4n) is 6.12. The van der Waals surface area contributed by atoms with Crippen LogP contribution in [0.2, 0.25) is 0 Å². The van der Waals surface area contributed by atoms with E-state index in [4.69, 9.17) is 15.2 Å². The Bertz CT molecular complexity index is 2040. The number of nitrogens with one attached hydrogen (secondary N) is 1. The van der Waals surface area contributed by atoms with Crippen LogP contribution in [0.3, 0.4) is 0 Å². The predicted octanol–water partition coefficient (Wildman–Crippen LogP) is 5.15. The van der Waals surface area contributed by atoms with Crippen molar-refractivity contribution in [3.05, 3.63) is 89.4 Å². The largest absolute Gasteiger partial charge is 0.494 e. The third-order valence-electron chi connectivity index (χ3n) is 8.62. The zero-order chi connectivity index (χ0) is 35.6. The number of methoxy groups -OCH3 is 1. The predicted molar refractivity (Wildman–Crippen MR) is 180 cm³/mol. The van der Waals surface area contributed by atoms with Gasteiger partial charge >= 0.3 is 11.9 Å². The lowest BCUT2D eigenvalue weighted by molar-refractivity contribution is -0.143. The number of hydrogen-bond acceptors (Lipinski definition) is 10. The van der Waals surface area contributed by atoms with Crippen molar-refractivity contribution in [3.63, 3.8) is 0 Å². The number of carbonyl (C=O) groups is 3. The Hall–Kier alpha value is -5.24. The number of aliphatic carboxylic acids is 1. The lowest BCUT2D eigenvalue weighted by Crippen LogP contribution is -2.40. The van der Waals surface area contributed by atoms with E-state index in [1.807, 2.05) is 0 Å². The van der Waals surface area contributed by atoms with E-state index >= 15 is 4.39 Å². The first-order chi connectivity index (χ1) is 23.3. The summed E-state index contributed by atoms with van der Waals surface area (Å²) < 4.78 is 53.4. The minimum Gasteiger partial charge on any atom is -0.494 e. The van der Waals surface area contributed by atoms with E-state index in [1.54, 1.807) is 31.2 Å². The lowest BCUT2D eigenvalue weighted by Gasteiger charge is -2.33. The van der Waals surface area contributed by atoms with Crippen LogP contribution in [0.15, 0.2) is 71.8 Å². The Morgan fingerprint density at radius 2 is 1.86 bits per heavy atom. The highest BCUT2D eigenvalue weighted by atomic mass is 32.2. The SMILES string of the molecule is CCOc1ccc(F)c([C@@H](Nc2ccc3c(N)nccc3c2)C(=O)N2CC[C@H](C(=O)O)[C@@H]2c2cc(C(=O)OC)ccc2S(=O)(=O)C(C)C)c1. The molecule has 49 heavy (non-hydrogen) atoms. The van der Waals surface area contributed by atoms with Crippen LogP contribution < -0.4 is 15.8 Å². The molecule has 0 radical (unpaired) electrons. The Balaban J connectivity index is 1.69. The van der Waals surface area contributed by atoms with Crippen molar-refractivity contribution in [1.82, 2.24) is 9.88 Å². The topological polar surface area (TPSA) is 178 Å². The molecule has 4 aromatic rings. The van der Waals surface area contributed by atoms with E-state index in [2.05, 4.69) is 10.3 Å². The molecule has 14 heteroatoms. The van der Waals surface area contributed by atoms with Crippen LogP contribution in [0.25, 0.3) is 10.8 Å². The van der Waals surface area contributed by atoms with Gasteiger partial charge in [-0.3, -0.25) is 9.59 Å². The monoisotopic (exact) mass is 692 g/mol. The van der Waals surface area contributed by atoms with Crippen LogP contribution in [0, 0.1) is 11.7 Å². The van der Waals surface area contributed by atoms with Gasteiger partial charge in [-0.25, -0.2) is 22.6 Å². The first kappa shape index (κ1) is 35.1. The summed E-state index contributed by atoms with van der Waals surface area (Å²) in [6, 6.07) is 11.8. The van der Waals surface area contributed by atoms with Crippen LogP contribution in [-0.2, 0) is 24.2 Å². The van der Waals surface area contributed by atoms with E-state index in [-0.39, 0.29) is 41.2 Å². The third-order valence-corrected chi connectivity index (χ3v) is 10.8. The number of pyridine rings is 1. The number of aromatic nitrogens is 1. The average molecular weight is 693 g/mol. The van der Waals surface area contributed by atoms with Crippen LogP contribution in [0.4, 0.5) is 15.9 Å². The molecular weight excluding hydrogens is 655 g/mol. The number of halogens is 1. The molecule has 1 fully saturated rings. The lowest BCUT2D eigenvalue weighted by atomic mass is 9.92. The van der Waals surface area contributed by atoms with Crippen LogP contribution in [-0.4, -0.2) is 66.8 Å². The summed E-state index contributed by atoms with van der Waals surface area (Å²) in [5.41, 5.74) is 6.28. The van der Waals surface area contributed by atoms with Crippen LogP contribution >= 0.6 is 0 Å². The smallest absolute Gasteiger partial charge is 0.337 e. The molecule has 0 aliphatic carbocycles. The summed E-state index contributed by atoms with van der Waals surface area (Å²) in [6.07, 6.45) is 1.49. The Morgan fingerprint density at radius 3 is 2.53 bits per heavy atom. The maximum absolute atomic E-state index is 15.7. The highest BCUT2D eigenvalue weighted by molar-refractivity contribution is 7.92. The molecule has 1 aromatic heterocycles. The number of amides is 1. The number of ether oxygens (including phenoxy) is 2. The number of nitrogens with zero attached hydrogens (tertiary/aromatic N) is 2. The molecule has 4 N–H and O–H groups in total. The van der Waals surface area contributed by atoms with Crippen molar-refractivity contribution in [2.24, 2.45) is 5.92 Å². The van der Waals surface area contributed by atoms with Crippen molar-refractivity contribution in [3.8, 4) is 5.75 Å². The van der Waals surface area contributed by atoms with Gasteiger partial charge in [0.25, 0.3) is 0 Å². The number of carboxylic acid groups (broad SMARTS) is 1. The molecule has 3 atom stereocenters. The summed E-state index contributed by atoms with van der Waals surface area (Å²) in [6.45, 7) is 4.87. The molecule has 1 saturated heterocycles. The minimum atomic E-state index is -4.05. The zero-order valence-electron chi connectivity index (χ0n) is 27.3. The van der Waals surface area contributed by atoms with Gasteiger partial charge in [0, 0.05) is 29.4 Å². The molecule has 5 rings (SSSR count). The van der Waals surface area contributed by atoms with E-state index < -0.39 is 56.8 Å². The zero-order valence-corrected chi connectivity index (χ0v) is 28.2. The number of carboxylic acids is 1. The second-order valence-corrected chi connectivity index (χ2v) is 14.3. The second-order valence-electron chi connectivity index (χ2n) is 11.9. The molecule has 0 spiro atoms. The van der Waals surface area contributed by atoms with E-state index in [9.17, 15) is 27.9 Å². The molecule has 3 aromatic carbocycles. The standard InChI is InChI=1S/C35H37FN4O8S/c1-5-48-23-8-10-28(36)26(18-23)30(39-22-7-9-24-20(16-22)12-14-38-32(24)37)33(41)40-15-13-25(34(42)43)31(40)27-17-21(35(44)47-4)6-11-29(27)49(45,46)19(2)3/h6-12,14,16-19,25,30-31,39H,5,13,15H2,1-4H3,(H2,37,38)(H,42,43)/t25-,30+,31+/m0/s1. The van der Waals surface area contributed by atoms with Gasteiger partial charge < -0.3 is 30.5 Å². The molecule has 1 amide bonds. The number of nitrogens with two attached hydrogens (primary N) is 1. The van der Waals surface area contributed by atoms with Gasteiger partial charge in [0.1, 0.15) is 23.4 Å². The summed E-state index contributed by atoms with van der Waals surface area (Å²) in [7, 11) is -2.89. The average Bonchev–Trinajstić information content (AvgIpc) is 3.53. The number of nitrogen functional groups attached to an aromatic ring is 1. The molecule has 2 heterocycles. The highest BCUT2D eigenvalue weighted by Gasteiger charge is 2.46. The van der Waals surface area contributed by atoms with Crippen LogP contribution in [0.5, 0.6) is 5.75 Å². The van der Waals surface area contributed by atoms with Crippen LogP contribution in [0.1, 0.15) is 60.8 Å².